The van der Waals surface area contributed by atoms with E-state index in [4.69, 9.17) is 9.47 Å². The molecule has 0 bridgehead atoms. The molecule has 0 fully saturated rings. The second kappa shape index (κ2) is 8.24. The van der Waals surface area contributed by atoms with Crippen LogP contribution >= 0.6 is 0 Å². The van der Waals surface area contributed by atoms with Gasteiger partial charge in [0, 0.05) is 17.9 Å². The summed E-state index contributed by atoms with van der Waals surface area (Å²) in [5.41, 5.74) is 1.68. The van der Waals surface area contributed by atoms with E-state index in [1.54, 1.807) is 25.3 Å². The number of benzene rings is 2. The van der Waals surface area contributed by atoms with Crippen molar-refractivity contribution < 1.29 is 14.3 Å². The largest absolute Gasteiger partial charge is 0.493 e. The van der Waals surface area contributed by atoms with Crippen molar-refractivity contribution in [3.63, 3.8) is 0 Å². The van der Waals surface area contributed by atoms with Gasteiger partial charge in [0.1, 0.15) is 18.2 Å². The molecule has 2 N–H and O–H groups in total. The number of nitrogens with zero attached hydrogens (tertiary/aromatic N) is 1. The number of rotatable bonds is 6. The van der Waals surface area contributed by atoms with E-state index < -0.39 is 5.92 Å². The zero-order valence-electron chi connectivity index (χ0n) is 16.5. The Balaban J connectivity index is 1.78. The van der Waals surface area contributed by atoms with Gasteiger partial charge < -0.3 is 19.8 Å². The molecule has 2 aromatic carbocycles. The van der Waals surface area contributed by atoms with Crippen molar-refractivity contribution in [3.8, 4) is 22.9 Å². The van der Waals surface area contributed by atoms with Crippen LogP contribution in [0, 0.1) is 0 Å². The van der Waals surface area contributed by atoms with E-state index in [0.29, 0.717) is 29.5 Å². The minimum Gasteiger partial charge on any atom is -0.493 e. The Labute approximate surface area is 173 Å². The number of ether oxygens (including phenoxy) is 2. The number of aromatic nitrogens is 2. The molecule has 0 unspecified atom stereocenters. The highest BCUT2D eigenvalue weighted by atomic mass is 16.5. The van der Waals surface area contributed by atoms with Gasteiger partial charge in [-0.1, -0.05) is 49.1 Å². The minimum absolute atomic E-state index is 0.137. The number of hydrogen-bond donors (Lipinski definition) is 2. The van der Waals surface area contributed by atoms with Gasteiger partial charge in [-0.3, -0.25) is 9.59 Å². The number of hydrogen-bond acceptors (Lipinski definition) is 5. The molecule has 0 saturated heterocycles. The van der Waals surface area contributed by atoms with Crippen LogP contribution in [0.1, 0.15) is 23.5 Å². The quantitative estimate of drug-likeness (QED) is 0.615. The normalized spacial score (nSPS) is 15.1. The van der Waals surface area contributed by atoms with Crippen molar-refractivity contribution in [2.45, 2.75) is 12.3 Å². The van der Waals surface area contributed by atoms with Gasteiger partial charge >= 0.3 is 0 Å². The summed E-state index contributed by atoms with van der Waals surface area (Å²) in [7, 11) is 1.54. The Kier molecular flexibility index (Phi) is 5.34. The maximum atomic E-state index is 13.0. The molecule has 0 spiro atoms. The lowest BCUT2D eigenvalue weighted by atomic mass is 9.86. The first-order valence-corrected chi connectivity index (χ1v) is 9.51. The first-order valence-electron chi connectivity index (χ1n) is 9.51. The topological polar surface area (TPSA) is 93.3 Å². The van der Waals surface area contributed by atoms with E-state index in [2.05, 4.69) is 21.9 Å². The van der Waals surface area contributed by atoms with Crippen LogP contribution in [0.3, 0.4) is 0 Å². The van der Waals surface area contributed by atoms with E-state index in [9.17, 15) is 9.59 Å². The number of carbonyl (C=O) groups excluding carboxylic acids is 1. The summed E-state index contributed by atoms with van der Waals surface area (Å²) in [5.74, 6) is 1.13. The monoisotopic (exact) mass is 403 g/mol. The van der Waals surface area contributed by atoms with Gasteiger partial charge in [0.15, 0.2) is 11.5 Å². The second-order valence-electron chi connectivity index (χ2n) is 6.86. The Bertz CT molecular complexity index is 1150. The van der Waals surface area contributed by atoms with Crippen molar-refractivity contribution in [1.82, 2.24) is 9.97 Å². The highest BCUT2D eigenvalue weighted by Crippen LogP contribution is 2.38. The molecule has 0 radical (unpaired) electrons. The summed E-state index contributed by atoms with van der Waals surface area (Å²) in [6, 6.07) is 14.7. The molecule has 7 heteroatoms. The number of nitrogens with one attached hydrogen (secondary N) is 2. The SMILES string of the molecule is C=CCOc1ccc([C@H]2CC(=O)Nc3nc(-c4ccccc4)[nH]c(=O)c32)cc1OC. The van der Waals surface area contributed by atoms with Gasteiger partial charge in [-0.2, -0.15) is 0 Å². The van der Waals surface area contributed by atoms with Crippen molar-refractivity contribution in [3.05, 3.63) is 82.7 Å². The fourth-order valence-electron chi connectivity index (χ4n) is 3.56. The first-order chi connectivity index (χ1) is 14.6. The van der Waals surface area contributed by atoms with Crippen molar-refractivity contribution >= 4 is 11.7 Å². The third-order valence-electron chi connectivity index (χ3n) is 4.95. The molecule has 1 amide bonds. The van der Waals surface area contributed by atoms with Crippen LogP contribution in [-0.4, -0.2) is 29.6 Å². The molecule has 1 aromatic heterocycles. The first kappa shape index (κ1) is 19.4. The molecule has 3 aromatic rings. The van der Waals surface area contributed by atoms with E-state index >= 15 is 0 Å². The van der Waals surface area contributed by atoms with Crippen LogP contribution in [0.2, 0.25) is 0 Å². The second-order valence-corrected chi connectivity index (χ2v) is 6.86. The minimum atomic E-state index is -0.447. The molecule has 1 atom stereocenters. The summed E-state index contributed by atoms with van der Waals surface area (Å²) in [6.07, 6.45) is 1.78. The van der Waals surface area contributed by atoms with Gasteiger partial charge in [0.2, 0.25) is 5.91 Å². The zero-order chi connectivity index (χ0) is 21.1. The lowest BCUT2D eigenvalue weighted by molar-refractivity contribution is -0.116. The summed E-state index contributed by atoms with van der Waals surface area (Å²) < 4.78 is 11.0. The van der Waals surface area contributed by atoms with E-state index in [1.165, 1.54) is 0 Å². The van der Waals surface area contributed by atoms with Gasteiger partial charge in [-0.05, 0) is 17.7 Å². The highest BCUT2D eigenvalue weighted by molar-refractivity contribution is 5.94. The van der Waals surface area contributed by atoms with Crippen LogP contribution in [0.5, 0.6) is 11.5 Å². The Morgan fingerprint density at radius 3 is 2.70 bits per heavy atom. The fourth-order valence-corrected chi connectivity index (χ4v) is 3.56. The number of anilines is 1. The molecule has 4 rings (SSSR count). The molecule has 2 heterocycles. The Morgan fingerprint density at radius 2 is 1.97 bits per heavy atom. The average molecular weight is 403 g/mol. The molecule has 7 nitrogen and oxygen atoms in total. The number of fused-ring (bicyclic) bond motifs is 1. The van der Waals surface area contributed by atoms with E-state index in [-0.39, 0.29) is 23.7 Å². The lowest BCUT2D eigenvalue weighted by Gasteiger charge is -2.25. The molecular formula is C23H21N3O4. The van der Waals surface area contributed by atoms with E-state index in [0.717, 1.165) is 11.1 Å². The fraction of sp³-hybridized carbons (Fsp3) is 0.174. The highest BCUT2D eigenvalue weighted by Gasteiger charge is 2.31. The van der Waals surface area contributed by atoms with Crippen LogP contribution in [0.4, 0.5) is 5.82 Å². The molecule has 152 valence electrons. The summed E-state index contributed by atoms with van der Waals surface area (Å²) in [5, 5.41) is 2.74. The third kappa shape index (κ3) is 3.69. The maximum absolute atomic E-state index is 13.0. The van der Waals surface area contributed by atoms with Crippen molar-refractivity contribution in [2.24, 2.45) is 0 Å². The number of amides is 1. The van der Waals surface area contributed by atoms with Gasteiger partial charge in [0.25, 0.3) is 5.56 Å². The van der Waals surface area contributed by atoms with Gasteiger partial charge in [-0.25, -0.2) is 4.98 Å². The average Bonchev–Trinajstić information content (AvgIpc) is 2.77. The molecular weight excluding hydrogens is 382 g/mol. The summed E-state index contributed by atoms with van der Waals surface area (Å²) in [6.45, 7) is 3.98. The standard InChI is InChI=1S/C23H21N3O4/c1-3-11-30-17-10-9-15(12-18(17)29-2)16-13-19(27)24-22-20(16)23(28)26-21(25-22)14-7-5-4-6-8-14/h3-10,12,16H,1,11,13H2,2H3,(H2,24,25,26,27,28)/t16-/m1/s1. The Morgan fingerprint density at radius 1 is 1.17 bits per heavy atom. The Hall–Kier alpha value is -3.87. The molecule has 1 aliphatic rings. The summed E-state index contributed by atoms with van der Waals surface area (Å²) in [4.78, 5) is 32.8. The van der Waals surface area contributed by atoms with Crippen molar-refractivity contribution in [1.29, 1.82) is 0 Å². The smallest absolute Gasteiger partial charge is 0.257 e. The van der Waals surface area contributed by atoms with Crippen LogP contribution < -0.4 is 20.3 Å². The molecule has 0 saturated carbocycles. The maximum Gasteiger partial charge on any atom is 0.257 e. The van der Waals surface area contributed by atoms with Crippen LogP contribution in [-0.2, 0) is 4.79 Å². The van der Waals surface area contributed by atoms with E-state index in [1.807, 2.05) is 36.4 Å². The van der Waals surface area contributed by atoms with Crippen LogP contribution in [0.25, 0.3) is 11.4 Å². The molecule has 30 heavy (non-hydrogen) atoms. The van der Waals surface area contributed by atoms with Gasteiger partial charge in [0.05, 0.1) is 12.7 Å². The zero-order valence-corrected chi connectivity index (χ0v) is 16.5. The number of carbonyl (C=O) groups is 1. The summed E-state index contributed by atoms with van der Waals surface area (Å²) >= 11 is 0. The van der Waals surface area contributed by atoms with Gasteiger partial charge in [-0.15, -0.1) is 0 Å². The number of aromatic amines is 1. The molecule has 1 aliphatic heterocycles. The predicted molar refractivity (Wildman–Crippen MR) is 114 cm³/mol. The van der Waals surface area contributed by atoms with Crippen molar-refractivity contribution in [2.75, 3.05) is 19.0 Å². The van der Waals surface area contributed by atoms with Crippen LogP contribution in [0.15, 0.2) is 66.0 Å². The lowest BCUT2D eigenvalue weighted by Crippen LogP contribution is -2.31. The third-order valence-corrected chi connectivity index (χ3v) is 4.95. The number of methoxy groups -OCH3 is 1. The predicted octanol–water partition coefficient (Wildman–Crippen LogP) is 3.48. The molecule has 0 aliphatic carbocycles. The number of H-pyrrole nitrogens is 1.